The number of hydrogen-bond acceptors (Lipinski definition) is 1. The maximum atomic E-state index is 13.1. The topological polar surface area (TPSA) is 26.0 Å². The monoisotopic (exact) mass is 201 g/mol. The SMILES string of the molecule is NCCC(F)Cc1cccc(Cl)c1. The van der Waals surface area contributed by atoms with Gasteiger partial charge in [-0.2, -0.15) is 0 Å². The van der Waals surface area contributed by atoms with Crippen molar-refractivity contribution in [3.05, 3.63) is 34.9 Å². The molecule has 1 aromatic carbocycles. The Kier molecular flexibility index (Phi) is 4.19. The van der Waals surface area contributed by atoms with E-state index < -0.39 is 6.17 Å². The third-order valence-corrected chi connectivity index (χ3v) is 2.06. The van der Waals surface area contributed by atoms with Crippen molar-refractivity contribution < 1.29 is 4.39 Å². The quantitative estimate of drug-likeness (QED) is 0.796. The van der Waals surface area contributed by atoms with E-state index in [4.69, 9.17) is 17.3 Å². The Bertz CT molecular complexity index is 265. The van der Waals surface area contributed by atoms with Gasteiger partial charge in [0.25, 0.3) is 0 Å². The number of benzene rings is 1. The van der Waals surface area contributed by atoms with Crippen LogP contribution in [0.4, 0.5) is 4.39 Å². The van der Waals surface area contributed by atoms with E-state index in [2.05, 4.69) is 0 Å². The van der Waals surface area contributed by atoms with Crippen molar-refractivity contribution in [2.24, 2.45) is 5.73 Å². The summed E-state index contributed by atoms with van der Waals surface area (Å²) in [5.41, 5.74) is 6.17. The van der Waals surface area contributed by atoms with Gasteiger partial charge in [-0.1, -0.05) is 23.7 Å². The molecule has 1 atom stereocenters. The average molecular weight is 202 g/mol. The molecule has 3 heteroatoms. The number of nitrogens with two attached hydrogens (primary N) is 1. The van der Waals surface area contributed by atoms with Crippen molar-refractivity contribution in [2.45, 2.75) is 19.0 Å². The normalized spacial score (nSPS) is 12.8. The fraction of sp³-hybridized carbons (Fsp3) is 0.400. The smallest absolute Gasteiger partial charge is 0.105 e. The molecular formula is C10H13ClFN. The molecule has 0 aromatic heterocycles. The van der Waals surface area contributed by atoms with Gasteiger partial charge < -0.3 is 5.73 Å². The third kappa shape index (κ3) is 3.75. The van der Waals surface area contributed by atoms with Crippen LogP contribution in [-0.2, 0) is 6.42 Å². The molecule has 1 aromatic rings. The van der Waals surface area contributed by atoms with Crippen molar-refractivity contribution in [1.82, 2.24) is 0 Å². The summed E-state index contributed by atoms with van der Waals surface area (Å²) < 4.78 is 13.1. The fourth-order valence-electron chi connectivity index (χ4n) is 1.20. The van der Waals surface area contributed by atoms with Crippen LogP contribution in [0.25, 0.3) is 0 Å². The summed E-state index contributed by atoms with van der Waals surface area (Å²) >= 11 is 5.76. The highest BCUT2D eigenvalue weighted by molar-refractivity contribution is 6.30. The summed E-state index contributed by atoms with van der Waals surface area (Å²) in [5.74, 6) is 0. The first-order chi connectivity index (χ1) is 6.22. The standard InChI is InChI=1S/C10H13ClFN/c11-9-3-1-2-8(6-9)7-10(12)4-5-13/h1-3,6,10H,4-5,7,13H2. The van der Waals surface area contributed by atoms with E-state index in [1.54, 1.807) is 12.1 Å². The highest BCUT2D eigenvalue weighted by Gasteiger charge is 2.06. The number of rotatable bonds is 4. The first-order valence-corrected chi connectivity index (χ1v) is 4.68. The molecule has 0 spiro atoms. The van der Waals surface area contributed by atoms with E-state index in [1.807, 2.05) is 12.1 Å². The summed E-state index contributed by atoms with van der Waals surface area (Å²) in [6, 6.07) is 7.26. The maximum absolute atomic E-state index is 13.1. The highest BCUT2D eigenvalue weighted by Crippen LogP contribution is 2.14. The number of halogens is 2. The lowest BCUT2D eigenvalue weighted by Gasteiger charge is -2.06. The van der Waals surface area contributed by atoms with Gasteiger partial charge >= 0.3 is 0 Å². The van der Waals surface area contributed by atoms with Crippen LogP contribution < -0.4 is 5.73 Å². The number of alkyl halides is 1. The Morgan fingerprint density at radius 1 is 1.46 bits per heavy atom. The van der Waals surface area contributed by atoms with Gasteiger partial charge in [-0.3, -0.25) is 0 Å². The molecule has 0 heterocycles. The molecule has 1 unspecified atom stereocenters. The van der Waals surface area contributed by atoms with Crippen LogP contribution in [0.3, 0.4) is 0 Å². The second-order valence-electron chi connectivity index (χ2n) is 3.01. The zero-order valence-corrected chi connectivity index (χ0v) is 8.10. The van der Waals surface area contributed by atoms with Gasteiger partial charge in [-0.15, -0.1) is 0 Å². The summed E-state index contributed by atoms with van der Waals surface area (Å²) in [7, 11) is 0. The maximum Gasteiger partial charge on any atom is 0.105 e. The molecule has 0 saturated carbocycles. The first-order valence-electron chi connectivity index (χ1n) is 4.31. The molecule has 0 bridgehead atoms. The summed E-state index contributed by atoms with van der Waals surface area (Å²) in [4.78, 5) is 0. The lowest BCUT2D eigenvalue weighted by molar-refractivity contribution is 0.316. The van der Waals surface area contributed by atoms with Gasteiger partial charge in [0.2, 0.25) is 0 Å². The van der Waals surface area contributed by atoms with E-state index >= 15 is 0 Å². The fourth-order valence-corrected chi connectivity index (χ4v) is 1.42. The second kappa shape index (κ2) is 5.20. The lowest BCUT2D eigenvalue weighted by atomic mass is 10.1. The molecule has 0 aliphatic heterocycles. The molecule has 13 heavy (non-hydrogen) atoms. The minimum absolute atomic E-state index is 0.391. The minimum Gasteiger partial charge on any atom is -0.330 e. The minimum atomic E-state index is -0.858. The Balaban J connectivity index is 2.53. The molecule has 2 N–H and O–H groups in total. The molecule has 72 valence electrons. The largest absolute Gasteiger partial charge is 0.330 e. The summed E-state index contributed by atoms with van der Waals surface area (Å²) in [6.07, 6.45) is -0.0481. The van der Waals surface area contributed by atoms with Crippen molar-refractivity contribution >= 4 is 11.6 Å². The first kappa shape index (κ1) is 10.5. The summed E-state index contributed by atoms with van der Waals surface area (Å²) in [6.45, 7) is 0.391. The molecule has 0 radical (unpaired) electrons. The Morgan fingerprint density at radius 3 is 2.85 bits per heavy atom. The van der Waals surface area contributed by atoms with Gasteiger partial charge in [0.1, 0.15) is 6.17 Å². The van der Waals surface area contributed by atoms with Gasteiger partial charge in [0.05, 0.1) is 0 Å². The van der Waals surface area contributed by atoms with E-state index in [1.165, 1.54) is 0 Å². The predicted molar refractivity (Wildman–Crippen MR) is 53.7 cm³/mol. The van der Waals surface area contributed by atoms with Crippen LogP contribution in [0.2, 0.25) is 5.02 Å². The summed E-state index contributed by atoms with van der Waals surface area (Å²) in [5, 5.41) is 0.650. The molecule has 0 fully saturated rings. The zero-order valence-electron chi connectivity index (χ0n) is 7.34. The molecule has 0 saturated heterocycles. The van der Waals surface area contributed by atoms with Gasteiger partial charge in [0, 0.05) is 11.4 Å². The van der Waals surface area contributed by atoms with Crippen molar-refractivity contribution in [3.63, 3.8) is 0 Å². The predicted octanol–water partition coefficient (Wildman–Crippen LogP) is 2.57. The zero-order chi connectivity index (χ0) is 9.68. The van der Waals surface area contributed by atoms with Crippen molar-refractivity contribution in [1.29, 1.82) is 0 Å². The van der Waals surface area contributed by atoms with Crippen LogP contribution in [0, 0.1) is 0 Å². The third-order valence-electron chi connectivity index (χ3n) is 1.83. The van der Waals surface area contributed by atoms with Crippen LogP contribution in [0.1, 0.15) is 12.0 Å². The van der Waals surface area contributed by atoms with E-state index in [0.29, 0.717) is 24.4 Å². The van der Waals surface area contributed by atoms with Gasteiger partial charge in [-0.05, 0) is 30.7 Å². The second-order valence-corrected chi connectivity index (χ2v) is 3.45. The average Bonchev–Trinajstić information content (AvgIpc) is 2.04. The molecular weight excluding hydrogens is 189 g/mol. The molecule has 1 nitrogen and oxygen atoms in total. The van der Waals surface area contributed by atoms with E-state index in [0.717, 1.165) is 5.56 Å². The lowest BCUT2D eigenvalue weighted by Crippen LogP contribution is -2.11. The highest BCUT2D eigenvalue weighted by atomic mass is 35.5. The van der Waals surface area contributed by atoms with Crippen molar-refractivity contribution in [2.75, 3.05) is 6.54 Å². The number of hydrogen-bond donors (Lipinski definition) is 1. The van der Waals surface area contributed by atoms with Crippen LogP contribution >= 0.6 is 11.6 Å². The van der Waals surface area contributed by atoms with Crippen LogP contribution in [0.5, 0.6) is 0 Å². The van der Waals surface area contributed by atoms with Crippen molar-refractivity contribution in [3.8, 4) is 0 Å². The Labute approximate surface area is 82.7 Å². The van der Waals surface area contributed by atoms with Crippen LogP contribution in [-0.4, -0.2) is 12.7 Å². The van der Waals surface area contributed by atoms with Crippen LogP contribution in [0.15, 0.2) is 24.3 Å². The Morgan fingerprint density at radius 2 is 2.23 bits per heavy atom. The molecule has 0 amide bonds. The Hall–Kier alpha value is -0.600. The van der Waals surface area contributed by atoms with E-state index in [-0.39, 0.29) is 0 Å². The van der Waals surface area contributed by atoms with Gasteiger partial charge in [0.15, 0.2) is 0 Å². The molecule has 0 aliphatic carbocycles. The van der Waals surface area contributed by atoms with E-state index in [9.17, 15) is 4.39 Å². The molecule has 0 aliphatic rings. The van der Waals surface area contributed by atoms with Gasteiger partial charge in [-0.25, -0.2) is 4.39 Å². The molecule has 1 rings (SSSR count).